The van der Waals surface area contributed by atoms with Crippen LogP contribution >= 0.6 is 0 Å². The highest BCUT2D eigenvalue weighted by atomic mass is 19.4. The number of anilines is 2. The van der Waals surface area contributed by atoms with Gasteiger partial charge in [-0.05, 0) is 68.6 Å². The molecule has 2 aromatic rings. The molecule has 2 N–H and O–H groups in total. The summed E-state index contributed by atoms with van der Waals surface area (Å²) in [6, 6.07) is 13.0. The molecule has 2 atom stereocenters. The predicted octanol–water partition coefficient (Wildman–Crippen LogP) is 5.58. The van der Waals surface area contributed by atoms with Crippen LogP contribution in [0.1, 0.15) is 57.4 Å². The minimum atomic E-state index is -4.66. The van der Waals surface area contributed by atoms with Crippen LogP contribution in [0.5, 0.6) is 0 Å². The van der Waals surface area contributed by atoms with Crippen LogP contribution in [0.3, 0.4) is 0 Å². The second-order valence-electron chi connectivity index (χ2n) is 11.3. The molecular formula is C30H37F3N4O3. The van der Waals surface area contributed by atoms with E-state index in [-0.39, 0.29) is 12.1 Å². The molecule has 5 rings (SSSR count). The Labute approximate surface area is 233 Å². The third kappa shape index (κ3) is 6.44. The Bertz CT molecular complexity index is 1190. The van der Waals surface area contributed by atoms with Crippen molar-refractivity contribution in [1.82, 2.24) is 9.88 Å². The second kappa shape index (κ2) is 11.8. The number of piperidine rings is 2. The lowest BCUT2D eigenvalue weighted by Gasteiger charge is -2.39. The zero-order valence-corrected chi connectivity index (χ0v) is 22.8. The molecular weight excluding hydrogens is 521 g/mol. The molecule has 1 amide bonds. The summed E-state index contributed by atoms with van der Waals surface area (Å²) in [4.78, 5) is 21.7. The van der Waals surface area contributed by atoms with Gasteiger partial charge >= 0.3 is 6.18 Å². The Hall–Kier alpha value is -3.11. The summed E-state index contributed by atoms with van der Waals surface area (Å²) < 4.78 is 47.7. The molecule has 2 saturated heterocycles. The van der Waals surface area contributed by atoms with Crippen molar-refractivity contribution < 1.29 is 27.8 Å². The fourth-order valence-electron chi connectivity index (χ4n) is 6.02. The number of pyridine rings is 1. The molecule has 10 heteroatoms. The Kier molecular flexibility index (Phi) is 8.37. The summed E-state index contributed by atoms with van der Waals surface area (Å²) in [6.45, 7) is 4.80. The Morgan fingerprint density at radius 3 is 2.48 bits per heavy atom. The number of rotatable bonds is 5. The fraction of sp³-hybridized carbons (Fsp3) is 0.533. The summed E-state index contributed by atoms with van der Waals surface area (Å²) in [5.74, 6) is -0.452. The van der Waals surface area contributed by atoms with Gasteiger partial charge in [0.1, 0.15) is 5.82 Å². The van der Waals surface area contributed by atoms with Crippen LogP contribution in [0.2, 0.25) is 0 Å². The van der Waals surface area contributed by atoms with Crippen molar-refractivity contribution in [3.8, 4) is 0 Å². The number of aliphatic hydroxyl groups is 1. The predicted molar refractivity (Wildman–Crippen MR) is 146 cm³/mol. The molecule has 0 radical (unpaired) electrons. The topological polar surface area (TPSA) is 77.9 Å². The Morgan fingerprint density at radius 1 is 1.07 bits per heavy atom. The Balaban J connectivity index is 1.26. The van der Waals surface area contributed by atoms with E-state index in [9.17, 15) is 23.1 Å². The highest BCUT2D eigenvalue weighted by molar-refractivity contribution is 6.03. The SMILES string of the molecule is CC1CCCN(C2CCCC(C(F)(F)F)=C(C(=O)Nc3ccc(N4CCC(O)(c5ccccc5)CC4)nc3)O2)C1. The number of nitrogens with one attached hydrogen (secondary N) is 1. The zero-order valence-electron chi connectivity index (χ0n) is 22.8. The molecule has 216 valence electrons. The molecule has 0 bridgehead atoms. The van der Waals surface area contributed by atoms with Crippen molar-refractivity contribution >= 4 is 17.4 Å². The molecule has 2 unspecified atom stereocenters. The van der Waals surface area contributed by atoms with Crippen molar-refractivity contribution in [3.05, 3.63) is 65.6 Å². The van der Waals surface area contributed by atoms with Crippen molar-refractivity contribution in [3.63, 3.8) is 0 Å². The largest absolute Gasteiger partial charge is 0.469 e. The van der Waals surface area contributed by atoms with Gasteiger partial charge in [-0.25, -0.2) is 4.98 Å². The first kappa shape index (κ1) is 28.4. The standard InChI is InChI=1S/C30H37F3N4O3/c1-21-7-6-16-37(20-21)26-11-5-10-24(30(31,32)33)27(40-26)28(38)35-23-12-13-25(34-19-23)36-17-14-29(39,15-18-36)22-8-3-2-4-9-22/h2-4,8-9,12-13,19,21,26,39H,5-7,10-11,14-18,20H2,1H3,(H,35,38). The van der Waals surface area contributed by atoms with Gasteiger partial charge in [-0.3, -0.25) is 9.69 Å². The number of aromatic nitrogens is 1. The van der Waals surface area contributed by atoms with Crippen LogP contribution in [0.4, 0.5) is 24.7 Å². The maximum Gasteiger partial charge on any atom is 0.416 e. The first-order chi connectivity index (χ1) is 19.1. The van der Waals surface area contributed by atoms with Gasteiger partial charge in [0.25, 0.3) is 5.91 Å². The van der Waals surface area contributed by atoms with E-state index in [1.54, 1.807) is 12.1 Å². The average molecular weight is 559 g/mol. The van der Waals surface area contributed by atoms with Gasteiger partial charge in [-0.1, -0.05) is 37.3 Å². The van der Waals surface area contributed by atoms with Crippen LogP contribution in [-0.4, -0.2) is 59.5 Å². The summed E-state index contributed by atoms with van der Waals surface area (Å²) in [6.07, 6.45) is -0.173. The van der Waals surface area contributed by atoms with E-state index in [0.29, 0.717) is 50.5 Å². The van der Waals surface area contributed by atoms with E-state index in [1.807, 2.05) is 35.2 Å². The zero-order chi connectivity index (χ0) is 28.3. The fourth-order valence-corrected chi connectivity index (χ4v) is 6.02. The molecule has 0 saturated carbocycles. The van der Waals surface area contributed by atoms with E-state index < -0.39 is 35.2 Å². The number of allylic oxidation sites excluding steroid dienone is 1. The lowest BCUT2D eigenvalue weighted by molar-refractivity contribution is -0.125. The maximum atomic E-state index is 14.0. The van der Waals surface area contributed by atoms with Gasteiger partial charge in [-0.2, -0.15) is 13.2 Å². The number of ether oxygens (including phenoxy) is 1. The quantitative estimate of drug-likeness (QED) is 0.499. The van der Waals surface area contributed by atoms with Crippen molar-refractivity contribution in [1.29, 1.82) is 0 Å². The number of benzene rings is 1. The number of likely N-dealkylation sites (tertiary alicyclic amines) is 1. The smallest absolute Gasteiger partial charge is 0.416 e. The Morgan fingerprint density at radius 2 is 1.82 bits per heavy atom. The van der Waals surface area contributed by atoms with Crippen LogP contribution in [-0.2, 0) is 15.1 Å². The maximum absolute atomic E-state index is 14.0. The summed E-state index contributed by atoms with van der Waals surface area (Å²) >= 11 is 0. The summed E-state index contributed by atoms with van der Waals surface area (Å²) in [7, 11) is 0. The minimum absolute atomic E-state index is 0.256. The van der Waals surface area contributed by atoms with Gasteiger partial charge in [0.15, 0.2) is 12.0 Å². The van der Waals surface area contributed by atoms with E-state index >= 15 is 0 Å². The van der Waals surface area contributed by atoms with E-state index in [1.165, 1.54) is 6.20 Å². The van der Waals surface area contributed by atoms with Crippen LogP contribution < -0.4 is 10.2 Å². The van der Waals surface area contributed by atoms with Crippen LogP contribution in [0.25, 0.3) is 0 Å². The average Bonchev–Trinajstić information content (AvgIpc) is 3.18. The minimum Gasteiger partial charge on any atom is -0.469 e. The molecule has 0 spiro atoms. The molecule has 1 aromatic carbocycles. The molecule has 40 heavy (non-hydrogen) atoms. The lowest BCUT2D eigenvalue weighted by Crippen LogP contribution is -2.44. The number of halogens is 3. The third-order valence-electron chi connectivity index (χ3n) is 8.28. The van der Waals surface area contributed by atoms with Crippen molar-refractivity contribution in [2.75, 3.05) is 36.4 Å². The first-order valence-electron chi connectivity index (χ1n) is 14.1. The summed E-state index contributed by atoms with van der Waals surface area (Å²) in [5.41, 5.74) is -0.623. The van der Waals surface area contributed by atoms with Gasteiger partial charge in [-0.15, -0.1) is 0 Å². The number of alkyl halides is 3. The molecule has 2 fully saturated rings. The number of carbonyl (C=O) groups excluding carboxylic acids is 1. The monoisotopic (exact) mass is 558 g/mol. The molecule has 0 aliphatic carbocycles. The van der Waals surface area contributed by atoms with E-state index in [0.717, 1.165) is 31.5 Å². The molecule has 3 aliphatic heterocycles. The molecule has 1 aromatic heterocycles. The van der Waals surface area contributed by atoms with Gasteiger partial charge in [0, 0.05) is 26.2 Å². The highest BCUT2D eigenvalue weighted by Crippen LogP contribution is 2.38. The summed E-state index contributed by atoms with van der Waals surface area (Å²) in [5, 5.41) is 13.7. The van der Waals surface area contributed by atoms with Crippen molar-refractivity contribution in [2.24, 2.45) is 5.92 Å². The number of amides is 1. The number of hydrogen-bond acceptors (Lipinski definition) is 6. The molecule has 4 heterocycles. The molecule has 7 nitrogen and oxygen atoms in total. The van der Waals surface area contributed by atoms with Crippen molar-refractivity contribution in [2.45, 2.75) is 69.9 Å². The van der Waals surface area contributed by atoms with E-state index in [2.05, 4.69) is 22.1 Å². The lowest BCUT2D eigenvalue weighted by atomic mass is 9.84. The van der Waals surface area contributed by atoms with Gasteiger partial charge in [0.2, 0.25) is 0 Å². The van der Waals surface area contributed by atoms with Crippen LogP contribution in [0, 0.1) is 5.92 Å². The number of hydrogen-bond donors (Lipinski definition) is 2. The normalized spacial score (nSPS) is 24.3. The number of nitrogens with zero attached hydrogens (tertiary/aromatic N) is 3. The second-order valence-corrected chi connectivity index (χ2v) is 11.3. The third-order valence-corrected chi connectivity index (χ3v) is 8.28. The van der Waals surface area contributed by atoms with Gasteiger partial charge in [0.05, 0.1) is 23.1 Å². The molecule has 3 aliphatic rings. The van der Waals surface area contributed by atoms with Gasteiger partial charge < -0.3 is 20.1 Å². The van der Waals surface area contributed by atoms with Crippen LogP contribution in [0.15, 0.2) is 60.0 Å². The first-order valence-corrected chi connectivity index (χ1v) is 14.1. The highest BCUT2D eigenvalue weighted by Gasteiger charge is 2.42. The van der Waals surface area contributed by atoms with E-state index in [4.69, 9.17) is 4.74 Å². The number of carbonyl (C=O) groups is 1.